The van der Waals surface area contributed by atoms with E-state index in [-0.39, 0.29) is 32.3 Å². The quantitative estimate of drug-likeness (QED) is 0.378. The Balaban J connectivity index is 2.22. The number of nitrogens with zero attached hydrogens (tertiary/aromatic N) is 2. The Labute approximate surface area is 180 Å². The van der Waals surface area contributed by atoms with Gasteiger partial charge in [-0.2, -0.15) is 0 Å². The maximum absolute atomic E-state index is 9.26. The first kappa shape index (κ1) is 24.2. The van der Waals surface area contributed by atoms with Crippen LogP contribution in [0.4, 0.5) is 11.4 Å². The van der Waals surface area contributed by atoms with Crippen molar-refractivity contribution >= 4 is 11.4 Å². The maximum Gasteiger partial charge on any atom is 0.0606 e. The lowest BCUT2D eigenvalue weighted by atomic mass is 9.87. The summed E-state index contributed by atoms with van der Waals surface area (Å²) in [6, 6.07) is 16.8. The molecule has 4 N–H and O–H groups in total. The molecule has 2 rings (SSSR count). The molecule has 6 nitrogen and oxygen atoms in total. The Hall–Kier alpha value is -2.12. The topological polar surface area (TPSA) is 87.4 Å². The highest BCUT2D eigenvalue weighted by atomic mass is 16.3. The third kappa shape index (κ3) is 6.71. The molecular formula is C24H36N2O4. The lowest BCUT2D eigenvalue weighted by molar-refractivity contribution is 0.280. The van der Waals surface area contributed by atoms with Crippen LogP contribution in [0.25, 0.3) is 0 Å². The number of benzene rings is 2. The molecule has 6 heteroatoms. The zero-order chi connectivity index (χ0) is 21.8. The minimum Gasteiger partial charge on any atom is -0.395 e. The molecule has 0 heterocycles. The standard InChI is InChI=1S/C24H36N2O4/c1-2-3-24(20-4-8-22(9-5-20)25(12-16-27)13-17-28)21-6-10-23(11-7-21)26(14-18-29)15-19-30/h4-11,24,27-30H,2-3,12-19H2,1H3. The van der Waals surface area contributed by atoms with Crippen molar-refractivity contribution in [2.75, 3.05) is 62.4 Å². The molecule has 2 aromatic carbocycles. The molecule has 0 saturated heterocycles. The molecule has 0 spiro atoms. The predicted octanol–water partition coefficient (Wildman–Crippen LogP) is 2.20. The van der Waals surface area contributed by atoms with Crippen molar-refractivity contribution in [3.05, 3.63) is 59.7 Å². The van der Waals surface area contributed by atoms with Gasteiger partial charge in [0.25, 0.3) is 0 Å². The molecular weight excluding hydrogens is 380 g/mol. The molecule has 0 aliphatic carbocycles. The third-order valence-electron chi connectivity index (χ3n) is 5.38. The van der Waals surface area contributed by atoms with E-state index in [1.54, 1.807) is 0 Å². The molecule has 0 radical (unpaired) electrons. The molecule has 0 saturated carbocycles. The summed E-state index contributed by atoms with van der Waals surface area (Å²) in [7, 11) is 0. The third-order valence-corrected chi connectivity index (χ3v) is 5.38. The molecule has 0 aliphatic rings. The number of rotatable bonds is 14. The van der Waals surface area contributed by atoms with Crippen LogP contribution in [0.2, 0.25) is 0 Å². The molecule has 0 unspecified atom stereocenters. The van der Waals surface area contributed by atoms with Crippen molar-refractivity contribution in [1.29, 1.82) is 0 Å². The average molecular weight is 417 g/mol. The first-order valence-corrected chi connectivity index (χ1v) is 10.8. The first-order valence-electron chi connectivity index (χ1n) is 10.8. The van der Waals surface area contributed by atoms with E-state index in [0.717, 1.165) is 24.2 Å². The fourth-order valence-corrected chi connectivity index (χ4v) is 3.87. The second kappa shape index (κ2) is 13.2. The molecule has 2 aromatic rings. The van der Waals surface area contributed by atoms with Crippen LogP contribution in [-0.4, -0.2) is 73.0 Å². The highest BCUT2D eigenvalue weighted by molar-refractivity contribution is 5.51. The number of hydrogen-bond donors (Lipinski definition) is 4. The van der Waals surface area contributed by atoms with Gasteiger partial charge < -0.3 is 30.2 Å². The van der Waals surface area contributed by atoms with Crippen LogP contribution in [-0.2, 0) is 0 Å². The van der Waals surface area contributed by atoms with Crippen LogP contribution >= 0.6 is 0 Å². The van der Waals surface area contributed by atoms with Crippen LogP contribution < -0.4 is 9.80 Å². The van der Waals surface area contributed by atoms with E-state index in [9.17, 15) is 20.4 Å². The van der Waals surface area contributed by atoms with E-state index < -0.39 is 0 Å². The molecule has 0 aliphatic heterocycles. The zero-order valence-electron chi connectivity index (χ0n) is 18.0. The van der Waals surface area contributed by atoms with Gasteiger partial charge in [-0.05, 0) is 41.8 Å². The second-order valence-corrected chi connectivity index (χ2v) is 7.39. The Morgan fingerprint density at radius 2 is 0.933 bits per heavy atom. The fourth-order valence-electron chi connectivity index (χ4n) is 3.87. The van der Waals surface area contributed by atoms with Gasteiger partial charge in [0.1, 0.15) is 0 Å². The minimum absolute atomic E-state index is 0.0517. The SMILES string of the molecule is CCCC(c1ccc(N(CCO)CCO)cc1)c1ccc(N(CCO)CCO)cc1. The number of hydrogen-bond acceptors (Lipinski definition) is 6. The highest BCUT2D eigenvalue weighted by Gasteiger charge is 2.15. The molecule has 0 aromatic heterocycles. The summed E-state index contributed by atoms with van der Waals surface area (Å²) < 4.78 is 0. The van der Waals surface area contributed by atoms with Gasteiger partial charge in [0, 0.05) is 43.5 Å². The summed E-state index contributed by atoms with van der Waals surface area (Å²) in [5.74, 6) is 0.284. The van der Waals surface area contributed by atoms with Crippen LogP contribution in [0.3, 0.4) is 0 Å². The van der Waals surface area contributed by atoms with Crippen molar-refractivity contribution in [3.8, 4) is 0 Å². The smallest absolute Gasteiger partial charge is 0.0606 e. The molecule has 0 bridgehead atoms. The van der Waals surface area contributed by atoms with Crippen molar-refractivity contribution in [1.82, 2.24) is 0 Å². The summed E-state index contributed by atoms with van der Waals surface area (Å²) in [6.45, 7) is 4.38. The van der Waals surface area contributed by atoms with Gasteiger partial charge in [-0.1, -0.05) is 37.6 Å². The number of aliphatic hydroxyl groups excluding tert-OH is 4. The summed E-state index contributed by atoms with van der Waals surface area (Å²) in [5.41, 5.74) is 4.47. The van der Waals surface area contributed by atoms with Crippen molar-refractivity contribution in [2.45, 2.75) is 25.7 Å². The average Bonchev–Trinajstić information content (AvgIpc) is 2.78. The van der Waals surface area contributed by atoms with Crippen LogP contribution in [0, 0.1) is 0 Å². The summed E-state index contributed by atoms with van der Waals surface area (Å²) in [4.78, 5) is 3.95. The Bertz CT molecular complexity index is 635. The summed E-state index contributed by atoms with van der Waals surface area (Å²) in [6.07, 6.45) is 2.10. The summed E-state index contributed by atoms with van der Waals surface area (Å²) in [5, 5.41) is 37.0. The van der Waals surface area contributed by atoms with Crippen LogP contribution in [0.5, 0.6) is 0 Å². The van der Waals surface area contributed by atoms with Gasteiger partial charge in [-0.3, -0.25) is 0 Å². The Morgan fingerprint density at radius 3 is 1.20 bits per heavy atom. The molecule has 0 amide bonds. The van der Waals surface area contributed by atoms with Crippen LogP contribution in [0.15, 0.2) is 48.5 Å². The molecule has 30 heavy (non-hydrogen) atoms. The maximum atomic E-state index is 9.26. The zero-order valence-corrected chi connectivity index (χ0v) is 18.0. The lowest BCUT2D eigenvalue weighted by Crippen LogP contribution is -2.29. The van der Waals surface area contributed by atoms with Gasteiger partial charge in [0.2, 0.25) is 0 Å². The largest absolute Gasteiger partial charge is 0.395 e. The Kier molecular flexibility index (Phi) is 10.7. The molecule has 166 valence electrons. The van der Waals surface area contributed by atoms with E-state index in [1.807, 2.05) is 9.80 Å². The van der Waals surface area contributed by atoms with E-state index in [1.165, 1.54) is 11.1 Å². The fraction of sp³-hybridized carbons (Fsp3) is 0.500. The van der Waals surface area contributed by atoms with Crippen molar-refractivity contribution < 1.29 is 20.4 Å². The normalized spacial score (nSPS) is 11.1. The second-order valence-electron chi connectivity index (χ2n) is 7.39. The number of aliphatic hydroxyl groups is 4. The van der Waals surface area contributed by atoms with E-state index in [0.29, 0.717) is 26.2 Å². The van der Waals surface area contributed by atoms with Crippen molar-refractivity contribution in [3.63, 3.8) is 0 Å². The Morgan fingerprint density at radius 1 is 0.600 bits per heavy atom. The minimum atomic E-state index is 0.0517. The van der Waals surface area contributed by atoms with Gasteiger partial charge >= 0.3 is 0 Å². The molecule has 0 atom stereocenters. The first-order chi connectivity index (χ1) is 14.7. The summed E-state index contributed by atoms with van der Waals surface area (Å²) >= 11 is 0. The molecule has 0 fully saturated rings. The van der Waals surface area contributed by atoms with Gasteiger partial charge in [-0.15, -0.1) is 0 Å². The van der Waals surface area contributed by atoms with E-state index in [4.69, 9.17) is 0 Å². The van der Waals surface area contributed by atoms with Crippen LogP contribution in [0.1, 0.15) is 36.8 Å². The van der Waals surface area contributed by atoms with Gasteiger partial charge in [0.05, 0.1) is 26.4 Å². The predicted molar refractivity (Wildman–Crippen MR) is 122 cm³/mol. The van der Waals surface area contributed by atoms with E-state index >= 15 is 0 Å². The number of anilines is 2. The van der Waals surface area contributed by atoms with Gasteiger partial charge in [-0.25, -0.2) is 0 Å². The van der Waals surface area contributed by atoms with Gasteiger partial charge in [0.15, 0.2) is 0 Å². The van der Waals surface area contributed by atoms with E-state index in [2.05, 4.69) is 55.5 Å². The monoisotopic (exact) mass is 416 g/mol. The van der Waals surface area contributed by atoms with Crippen molar-refractivity contribution in [2.24, 2.45) is 0 Å². The lowest BCUT2D eigenvalue weighted by Gasteiger charge is -2.25. The highest BCUT2D eigenvalue weighted by Crippen LogP contribution is 2.32.